The molecule has 2 atom stereocenters. The second kappa shape index (κ2) is 6.74. The van der Waals surface area contributed by atoms with Gasteiger partial charge in [-0.05, 0) is 25.3 Å². The van der Waals surface area contributed by atoms with E-state index in [1.807, 2.05) is 36.2 Å². The summed E-state index contributed by atoms with van der Waals surface area (Å²) in [7, 11) is -5.97. The lowest BCUT2D eigenvalue weighted by molar-refractivity contribution is 0.108. The van der Waals surface area contributed by atoms with E-state index >= 15 is 0 Å². The molecule has 0 aromatic heterocycles. The Labute approximate surface area is 144 Å². The van der Waals surface area contributed by atoms with Crippen molar-refractivity contribution in [1.29, 1.82) is 0 Å². The van der Waals surface area contributed by atoms with Crippen LogP contribution in [0.5, 0.6) is 0 Å². The number of aryl methyl sites for hydroxylation is 1. The van der Waals surface area contributed by atoms with Crippen molar-refractivity contribution >= 4 is 19.7 Å². The molecule has 24 heavy (non-hydrogen) atoms. The molecule has 134 valence electrons. The quantitative estimate of drug-likeness (QED) is 0.765. The van der Waals surface area contributed by atoms with Gasteiger partial charge in [-0.2, -0.15) is 0 Å². The molecule has 0 radical (unpaired) electrons. The van der Waals surface area contributed by atoms with E-state index in [0.717, 1.165) is 5.56 Å². The molecule has 0 aliphatic carbocycles. The number of hydrazine groups is 1. The molecule has 6 nitrogen and oxygen atoms in total. The van der Waals surface area contributed by atoms with Gasteiger partial charge >= 0.3 is 0 Å². The fourth-order valence-electron chi connectivity index (χ4n) is 3.32. The van der Waals surface area contributed by atoms with E-state index in [4.69, 9.17) is 0 Å². The summed E-state index contributed by atoms with van der Waals surface area (Å²) in [5.41, 5.74) is 5.56. The fourth-order valence-corrected chi connectivity index (χ4v) is 6.72. The Kier molecular flexibility index (Phi) is 5.01. The SMILES string of the molecule is Cc1ccc(CN(N[C@H]2CCS(=O)(=O)C2)[C@@H]2CCS(=O)(=O)C2)cc1. The van der Waals surface area contributed by atoms with Gasteiger partial charge in [0, 0.05) is 18.6 Å². The van der Waals surface area contributed by atoms with Crippen LogP contribution in [0.1, 0.15) is 24.0 Å². The Hall–Kier alpha value is -0.960. The van der Waals surface area contributed by atoms with Gasteiger partial charge in [-0.1, -0.05) is 29.8 Å². The number of nitrogens with one attached hydrogen (secondary N) is 1. The molecule has 2 aliphatic heterocycles. The molecule has 0 amide bonds. The number of hydrogen-bond donors (Lipinski definition) is 1. The highest BCUT2D eigenvalue weighted by Gasteiger charge is 2.35. The van der Waals surface area contributed by atoms with Crippen LogP contribution in [-0.4, -0.2) is 56.9 Å². The van der Waals surface area contributed by atoms with Gasteiger partial charge in [0.05, 0.1) is 23.0 Å². The Morgan fingerprint density at radius 2 is 1.62 bits per heavy atom. The molecule has 1 aromatic carbocycles. The minimum absolute atomic E-state index is 0.111. The molecule has 2 aliphatic rings. The summed E-state index contributed by atoms with van der Waals surface area (Å²) in [5.74, 6) is 0.654. The van der Waals surface area contributed by atoms with E-state index in [9.17, 15) is 16.8 Å². The smallest absolute Gasteiger partial charge is 0.151 e. The van der Waals surface area contributed by atoms with Gasteiger partial charge in [0.1, 0.15) is 0 Å². The highest BCUT2D eigenvalue weighted by Crippen LogP contribution is 2.21. The number of benzene rings is 1. The molecule has 8 heteroatoms. The predicted molar refractivity (Wildman–Crippen MR) is 94.0 cm³/mol. The van der Waals surface area contributed by atoms with Gasteiger partial charge in [-0.25, -0.2) is 21.8 Å². The molecule has 2 heterocycles. The zero-order valence-corrected chi connectivity index (χ0v) is 15.4. The molecule has 1 N–H and O–H groups in total. The van der Waals surface area contributed by atoms with Crippen molar-refractivity contribution in [1.82, 2.24) is 10.4 Å². The first-order valence-electron chi connectivity index (χ1n) is 8.22. The van der Waals surface area contributed by atoms with Crippen LogP contribution in [-0.2, 0) is 26.2 Å². The van der Waals surface area contributed by atoms with E-state index in [0.29, 0.717) is 19.4 Å². The number of nitrogens with zero attached hydrogens (tertiary/aromatic N) is 1. The minimum Gasteiger partial charge on any atom is -0.250 e. The number of hydrogen-bond acceptors (Lipinski definition) is 6. The second-order valence-corrected chi connectivity index (χ2v) is 11.4. The second-order valence-electron chi connectivity index (χ2n) is 6.90. The van der Waals surface area contributed by atoms with Crippen LogP contribution >= 0.6 is 0 Å². The van der Waals surface area contributed by atoms with Gasteiger partial charge < -0.3 is 0 Å². The Bertz CT molecular complexity index is 788. The maximum atomic E-state index is 11.8. The largest absolute Gasteiger partial charge is 0.250 e. The van der Waals surface area contributed by atoms with E-state index in [1.54, 1.807) is 0 Å². The topological polar surface area (TPSA) is 83.6 Å². The first-order chi connectivity index (χ1) is 11.2. The van der Waals surface area contributed by atoms with Crippen molar-refractivity contribution in [2.24, 2.45) is 0 Å². The molecule has 0 spiro atoms. The third kappa shape index (κ3) is 4.56. The lowest BCUT2D eigenvalue weighted by atomic mass is 10.1. The monoisotopic (exact) mass is 372 g/mol. The molecule has 0 saturated carbocycles. The van der Waals surface area contributed by atoms with Gasteiger partial charge in [-0.3, -0.25) is 5.43 Å². The molecule has 1 aromatic rings. The first-order valence-corrected chi connectivity index (χ1v) is 11.9. The standard InChI is InChI=1S/C16H24N2O4S2/c1-13-2-4-14(5-3-13)10-18(16-7-9-24(21,22)12-16)17-15-6-8-23(19,20)11-15/h2-5,15-17H,6-12H2,1H3/t15-,16+/m0/s1. The third-order valence-corrected chi connectivity index (χ3v) is 8.22. The van der Waals surface area contributed by atoms with Crippen molar-refractivity contribution in [3.63, 3.8) is 0 Å². The first kappa shape index (κ1) is 17.8. The molecule has 2 fully saturated rings. The van der Waals surface area contributed by atoms with Crippen LogP contribution in [0, 0.1) is 6.92 Å². The molecule has 0 unspecified atom stereocenters. The molecule has 3 rings (SSSR count). The number of sulfone groups is 2. The van der Waals surface area contributed by atoms with E-state index in [1.165, 1.54) is 5.56 Å². The zero-order chi connectivity index (χ0) is 17.4. The van der Waals surface area contributed by atoms with Gasteiger partial charge in [0.15, 0.2) is 19.7 Å². The summed E-state index contributed by atoms with van der Waals surface area (Å²) in [4.78, 5) is 0. The zero-order valence-electron chi connectivity index (χ0n) is 13.8. The average molecular weight is 373 g/mol. The van der Waals surface area contributed by atoms with Crippen LogP contribution < -0.4 is 5.43 Å². The van der Waals surface area contributed by atoms with Crippen LogP contribution in [0.2, 0.25) is 0 Å². The highest BCUT2D eigenvalue weighted by molar-refractivity contribution is 7.91. The van der Waals surface area contributed by atoms with Gasteiger partial charge in [0.25, 0.3) is 0 Å². The van der Waals surface area contributed by atoms with Crippen molar-refractivity contribution in [2.75, 3.05) is 23.0 Å². The third-order valence-electron chi connectivity index (χ3n) is 4.70. The normalized spacial score (nSPS) is 28.4. The van der Waals surface area contributed by atoms with Crippen molar-refractivity contribution in [3.05, 3.63) is 35.4 Å². The average Bonchev–Trinajstić information content (AvgIpc) is 3.02. The summed E-state index contributed by atoms with van der Waals surface area (Å²) in [6.07, 6.45) is 1.16. The lowest BCUT2D eigenvalue weighted by Crippen LogP contribution is -2.50. The minimum atomic E-state index is -3.00. The highest BCUT2D eigenvalue weighted by atomic mass is 32.2. The van der Waals surface area contributed by atoms with Crippen LogP contribution in [0.4, 0.5) is 0 Å². The van der Waals surface area contributed by atoms with Crippen molar-refractivity contribution in [3.8, 4) is 0 Å². The van der Waals surface area contributed by atoms with E-state index in [-0.39, 0.29) is 35.1 Å². The fraction of sp³-hybridized carbons (Fsp3) is 0.625. The van der Waals surface area contributed by atoms with Gasteiger partial charge in [0.2, 0.25) is 0 Å². The maximum Gasteiger partial charge on any atom is 0.151 e. The summed E-state index contributed by atoms with van der Waals surface area (Å²) in [6, 6.07) is 7.86. The maximum absolute atomic E-state index is 11.8. The van der Waals surface area contributed by atoms with E-state index in [2.05, 4.69) is 5.43 Å². The van der Waals surface area contributed by atoms with Gasteiger partial charge in [-0.15, -0.1) is 0 Å². The van der Waals surface area contributed by atoms with Crippen molar-refractivity contribution < 1.29 is 16.8 Å². The lowest BCUT2D eigenvalue weighted by Gasteiger charge is -2.31. The summed E-state index contributed by atoms with van der Waals surface area (Å²) < 4.78 is 47.0. The van der Waals surface area contributed by atoms with E-state index < -0.39 is 19.7 Å². The Morgan fingerprint density at radius 1 is 1.00 bits per heavy atom. The molecular formula is C16H24N2O4S2. The van der Waals surface area contributed by atoms with Crippen molar-refractivity contribution in [2.45, 2.75) is 38.4 Å². The summed E-state index contributed by atoms with van der Waals surface area (Å²) in [6.45, 7) is 2.59. The molecule has 0 bridgehead atoms. The Morgan fingerprint density at radius 3 is 2.17 bits per heavy atom. The summed E-state index contributed by atoms with van der Waals surface area (Å²) in [5, 5.41) is 1.95. The molecular weight excluding hydrogens is 348 g/mol. The van der Waals surface area contributed by atoms with Crippen LogP contribution in [0.3, 0.4) is 0 Å². The number of rotatable bonds is 5. The Balaban J connectivity index is 1.74. The molecule has 2 saturated heterocycles. The predicted octanol–water partition coefficient (Wildman–Crippen LogP) is 0.676. The van der Waals surface area contributed by atoms with Crippen LogP contribution in [0.15, 0.2) is 24.3 Å². The van der Waals surface area contributed by atoms with Crippen LogP contribution in [0.25, 0.3) is 0 Å². The summed E-state index contributed by atoms with van der Waals surface area (Å²) >= 11 is 0.